The van der Waals surface area contributed by atoms with E-state index in [2.05, 4.69) is 64.4 Å². The molecule has 0 atom stereocenters. The van der Waals surface area contributed by atoms with Crippen LogP contribution in [0.5, 0.6) is 0 Å². The summed E-state index contributed by atoms with van der Waals surface area (Å²) in [7, 11) is 0. The van der Waals surface area contributed by atoms with Gasteiger partial charge in [0.2, 0.25) is 0 Å². The topological polar surface area (TPSA) is 82.6 Å². The third-order valence-corrected chi connectivity index (χ3v) is 6.60. The smallest absolute Gasteiger partial charge is 0.332 e. The molecule has 2 heterocycles. The van der Waals surface area contributed by atoms with Crippen molar-refractivity contribution in [3.05, 3.63) is 78.2 Å². The Morgan fingerprint density at radius 2 is 1.80 bits per heavy atom. The molecule has 0 unspecified atom stereocenters. The standard InChI is InChI=1S/C32H40N4O4/c1-23-10-11-26(31-24(2)34-40-25(31)3)20-29(23)36(28-14-12-27(13-15-28)35-18-16-33-22-35)17-8-7-9-19-38-21-30(37)39-32(4,5)6/h10-16,18,20,22H,7-9,17,19,21H2,1-6H3. The lowest BCUT2D eigenvalue weighted by molar-refractivity contribution is -0.160. The molecule has 8 nitrogen and oxygen atoms in total. The summed E-state index contributed by atoms with van der Waals surface area (Å²) < 4.78 is 18.3. The fourth-order valence-electron chi connectivity index (χ4n) is 4.73. The van der Waals surface area contributed by atoms with Crippen molar-refractivity contribution in [3.8, 4) is 16.8 Å². The minimum absolute atomic E-state index is 0.0135. The van der Waals surface area contributed by atoms with Gasteiger partial charge in [-0.1, -0.05) is 17.3 Å². The van der Waals surface area contributed by atoms with Crippen LogP contribution >= 0.6 is 0 Å². The van der Waals surface area contributed by atoms with E-state index < -0.39 is 5.60 Å². The molecule has 4 aromatic rings. The van der Waals surface area contributed by atoms with Crippen molar-refractivity contribution in [3.63, 3.8) is 0 Å². The van der Waals surface area contributed by atoms with E-state index in [0.29, 0.717) is 6.61 Å². The molecule has 2 aromatic carbocycles. The highest BCUT2D eigenvalue weighted by Crippen LogP contribution is 2.35. The second-order valence-corrected chi connectivity index (χ2v) is 11.0. The van der Waals surface area contributed by atoms with Gasteiger partial charge < -0.3 is 23.5 Å². The Morgan fingerprint density at radius 3 is 2.45 bits per heavy atom. The zero-order chi connectivity index (χ0) is 28.7. The number of benzene rings is 2. The van der Waals surface area contributed by atoms with Gasteiger partial charge in [-0.15, -0.1) is 0 Å². The van der Waals surface area contributed by atoms with Crippen LogP contribution in [0.15, 0.2) is 65.7 Å². The van der Waals surface area contributed by atoms with Crippen molar-refractivity contribution >= 4 is 17.3 Å². The number of anilines is 2. The van der Waals surface area contributed by atoms with Gasteiger partial charge >= 0.3 is 5.97 Å². The second-order valence-electron chi connectivity index (χ2n) is 11.0. The maximum atomic E-state index is 11.9. The van der Waals surface area contributed by atoms with Crippen LogP contribution in [0.25, 0.3) is 16.8 Å². The number of ether oxygens (including phenoxy) is 2. The van der Waals surface area contributed by atoms with Gasteiger partial charge in [-0.25, -0.2) is 9.78 Å². The number of imidazole rings is 1. The van der Waals surface area contributed by atoms with Gasteiger partial charge in [-0.2, -0.15) is 0 Å². The minimum atomic E-state index is -0.498. The van der Waals surface area contributed by atoms with E-state index in [-0.39, 0.29) is 12.6 Å². The first kappa shape index (κ1) is 29.1. The molecule has 0 bridgehead atoms. The second kappa shape index (κ2) is 13.0. The Hall–Kier alpha value is -3.91. The van der Waals surface area contributed by atoms with Gasteiger partial charge in [-0.3, -0.25) is 0 Å². The van der Waals surface area contributed by atoms with Crippen LogP contribution in [0.2, 0.25) is 0 Å². The third-order valence-electron chi connectivity index (χ3n) is 6.60. The van der Waals surface area contributed by atoms with E-state index in [4.69, 9.17) is 14.0 Å². The maximum absolute atomic E-state index is 11.9. The summed E-state index contributed by atoms with van der Waals surface area (Å²) in [6.07, 6.45) is 8.33. The van der Waals surface area contributed by atoms with Crippen LogP contribution in [0.4, 0.5) is 11.4 Å². The maximum Gasteiger partial charge on any atom is 0.332 e. The molecular formula is C32H40N4O4. The van der Waals surface area contributed by atoms with Crippen molar-refractivity contribution in [1.82, 2.24) is 14.7 Å². The number of carbonyl (C=O) groups is 1. The molecule has 0 saturated heterocycles. The number of hydrogen-bond donors (Lipinski definition) is 0. The molecule has 0 aliphatic rings. The van der Waals surface area contributed by atoms with Gasteiger partial charge in [0.05, 0.1) is 12.0 Å². The van der Waals surface area contributed by atoms with Crippen LogP contribution < -0.4 is 4.90 Å². The van der Waals surface area contributed by atoms with Crippen LogP contribution in [-0.2, 0) is 14.3 Å². The molecular weight excluding hydrogens is 504 g/mol. The Bertz CT molecular complexity index is 1370. The fraction of sp³-hybridized carbons (Fsp3) is 0.406. The van der Waals surface area contributed by atoms with Crippen molar-refractivity contribution in [2.75, 3.05) is 24.7 Å². The zero-order valence-electron chi connectivity index (χ0n) is 24.4. The monoisotopic (exact) mass is 544 g/mol. The number of aryl methyl sites for hydroxylation is 3. The van der Waals surface area contributed by atoms with Crippen LogP contribution in [0.1, 0.15) is 57.1 Å². The molecule has 0 spiro atoms. The molecule has 0 aliphatic carbocycles. The predicted octanol–water partition coefficient (Wildman–Crippen LogP) is 7.12. The van der Waals surface area contributed by atoms with E-state index in [1.807, 2.05) is 45.4 Å². The summed E-state index contributed by atoms with van der Waals surface area (Å²) in [4.78, 5) is 18.4. The molecule has 40 heavy (non-hydrogen) atoms. The molecule has 0 fully saturated rings. The van der Waals surface area contributed by atoms with Gasteiger partial charge in [0.15, 0.2) is 0 Å². The Labute approximate surface area is 236 Å². The van der Waals surface area contributed by atoms with Gasteiger partial charge in [0.25, 0.3) is 0 Å². The summed E-state index contributed by atoms with van der Waals surface area (Å²) >= 11 is 0. The van der Waals surface area contributed by atoms with Gasteiger partial charge in [0, 0.05) is 48.2 Å². The highest BCUT2D eigenvalue weighted by Gasteiger charge is 2.18. The van der Waals surface area contributed by atoms with Crippen molar-refractivity contribution in [2.45, 2.75) is 66.4 Å². The molecule has 0 radical (unpaired) electrons. The van der Waals surface area contributed by atoms with Crippen molar-refractivity contribution < 1.29 is 18.8 Å². The Morgan fingerprint density at radius 1 is 1.02 bits per heavy atom. The number of carbonyl (C=O) groups excluding carboxylic acids is 1. The molecule has 4 rings (SSSR count). The van der Waals surface area contributed by atoms with Crippen molar-refractivity contribution in [1.29, 1.82) is 0 Å². The summed E-state index contributed by atoms with van der Waals surface area (Å²) in [5.74, 6) is 0.487. The average molecular weight is 545 g/mol. The Balaban J connectivity index is 1.47. The molecule has 8 heteroatoms. The molecule has 0 amide bonds. The lowest BCUT2D eigenvalue weighted by Crippen LogP contribution is -2.26. The summed E-state index contributed by atoms with van der Waals surface area (Å²) in [5.41, 5.74) is 7.03. The van der Waals surface area contributed by atoms with E-state index >= 15 is 0 Å². The first-order chi connectivity index (χ1) is 19.1. The summed E-state index contributed by atoms with van der Waals surface area (Å²) in [6.45, 7) is 13.0. The highest BCUT2D eigenvalue weighted by atomic mass is 16.6. The molecule has 2 aromatic heterocycles. The van der Waals surface area contributed by atoms with E-state index in [1.165, 1.54) is 5.56 Å². The predicted molar refractivity (Wildman–Crippen MR) is 157 cm³/mol. The molecule has 212 valence electrons. The third kappa shape index (κ3) is 7.60. The number of hydrogen-bond acceptors (Lipinski definition) is 7. The highest BCUT2D eigenvalue weighted by molar-refractivity contribution is 5.76. The molecule has 0 saturated carbocycles. The first-order valence-electron chi connectivity index (χ1n) is 13.8. The SMILES string of the molecule is Cc1ccc(-c2c(C)noc2C)cc1N(CCCCCOCC(=O)OC(C)(C)C)c1ccc(-n2ccnc2)cc1. The van der Waals surface area contributed by atoms with E-state index in [9.17, 15) is 4.79 Å². The molecule has 0 aliphatic heterocycles. The molecule has 0 N–H and O–H groups in total. The van der Waals surface area contributed by atoms with Crippen LogP contribution in [0, 0.1) is 20.8 Å². The van der Waals surface area contributed by atoms with Gasteiger partial charge in [-0.05, 0) is 102 Å². The number of aromatic nitrogens is 3. The number of esters is 1. The first-order valence-corrected chi connectivity index (χ1v) is 13.8. The van der Waals surface area contributed by atoms with Crippen molar-refractivity contribution in [2.24, 2.45) is 0 Å². The fourth-order valence-corrected chi connectivity index (χ4v) is 4.73. The minimum Gasteiger partial charge on any atom is -0.458 e. The summed E-state index contributed by atoms with van der Waals surface area (Å²) in [6, 6.07) is 15.1. The number of unbranched alkanes of at least 4 members (excludes halogenated alkanes) is 2. The Kier molecular flexibility index (Phi) is 9.42. The number of nitrogens with zero attached hydrogens (tertiary/aromatic N) is 4. The lowest BCUT2D eigenvalue weighted by atomic mass is 10.0. The average Bonchev–Trinajstić information content (AvgIpc) is 3.56. The van der Waals surface area contributed by atoms with Gasteiger partial charge in [0.1, 0.15) is 18.0 Å². The lowest BCUT2D eigenvalue weighted by Gasteiger charge is -2.28. The number of rotatable bonds is 12. The summed E-state index contributed by atoms with van der Waals surface area (Å²) in [5, 5.41) is 4.16. The van der Waals surface area contributed by atoms with Crippen LogP contribution in [0.3, 0.4) is 0 Å². The van der Waals surface area contributed by atoms with E-state index in [1.54, 1.807) is 12.5 Å². The largest absolute Gasteiger partial charge is 0.458 e. The normalized spacial score (nSPS) is 11.6. The quantitative estimate of drug-likeness (QED) is 0.139. The zero-order valence-corrected chi connectivity index (χ0v) is 24.4. The van der Waals surface area contributed by atoms with Crippen LogP contribution in [-0.4, -0.2) is 46.0 Å². The van der Waals surface area contributed by atoms with E-state index in [0.717, 1.165) is 65.5 Å².